The molecule has 0 spiro atoms. The number of carbonyl (C=O) groups excluding carboxylic acids is 1. The van der Waals surface area contributed by atoms with E-state index in [0.717, 1.165) is 25.9 Å². The first-order valence-corrected chi connectivity index (χ1v) is 8.53. The van der Waals surface area contributed by atoms with Crippen molar-refractivity contribution in [2.75, 3.05) is 19.6 Å². The molecule has 1 aromatic rings. The lowest BCUT2D eigenvalue weighted by atomic mass is 9.86. The molecule has 1 atom stereocenters. The van der Waals surface area contributed by atoms with E-state index in [1.165, 1.54) is 17.5 Å². The molecule has 1 heterocycles. The van der Waals surface area contributed by atoms with E-state index < -0.39 is 0 Å². The van der Waals surface area contributed by atoms with Crippen LogP contribution in [0.2, 0.25) is 0 Å². The normalized spacial score (nSPS) is 19.4. The van der Waals surface area contributed by atoms with Gasteiger partial charge in [-0.15, -0.1) is 0 Å². The molecule has 1 N–H and O–H groups in total. The summed E-state index contributed by atoms with van der Waals surface area (Å²) in [7, 11) is 0. The summed E-state index contributed by atoms with van der Waals surface area (Å²) in [6, 6.07) is 9.36. The van der Waals surface area contributed by atoms with Crippen LogP contribution in [0.25, 0.3) is 0 Å². The molecule has 1 aliphatic rings. The highest BCUT2D eigenvalue weighted by Gasteiger charge is 2.27. The lowest BCUT2D eigenvalue weighted by Crippen LogP contribution is -2.37. The number of rotatable bonds is 5. The van der Waals surface area contributed by atoms with Crippen molar-refractivity contribution in [3.63, 3.8) is 0 Å². The van der Waals surface area contributed by atoms with Crippen molar-refractivity contribution in [1.82, 2.24) is 10.2 Å². The van der Waals surface area contributed by atoms with Gasteiger partial charge in [-0.1, -0.05) is 52.0 Å². The second-order valence-electron chi connectivity index (χ2n) is 7.35. The molecule has 1 saturated heterocycles. The fourth-order valence-electron chi connectivity index (χ4n) is 3.10. The van der Waals surface area contributed by atoms with Crippen molar-refractivity contribution in [2.24, 2.45) is 0 Å². The van der Waals surface area contributed by atoms with Crippen molar-refractivity contribution in [3.05, 3.63) is 35.4 Å². The summed E-state index contributed by atoms with van der Waals surface area (Å²) >= 11 is 0. The van der Waals surface area contributed by atoms with Crippen molar-refractivity contribution >= 4 is 5.91 Å². The van der Waals surface area contributed by atoms with Gasteiger partial charge in [0.05, 0.1) is 6.54 Å². The van der Waals surface area contributed by atoms with Crippen LogP contribution in [0.3, 0.4) is 0 Å². The highest BCUT2D eigenvalue weighted by molar-refractivity contribution is 5.78. The fraction of sp³-hybridized carbons (Fsp3) is 0.632. The summed E-state index contributed by atoms with van der Waals surface area (Å²) in [5.41, 5.74) is 2.89. The number of amides is 1. The van der Waals surface area contributed by atoms with E-state index in [-0.39, 0.29) is 11.3 Å². The number of hydrogen-bond acceptors (Lipinski definition) is 2. The Morgan fingerprint density at radius 2 is 1.95 bits per heavy atom. The molecule has 1 unspecified atom stereocenters. The molecule has 122 valence electrons. The zero-order valence-electron chi connectivity index (χ0n) is 14.5. The molecule has 0 bridgehead atoms. The van der Waals surface area contributed by atoms with Crippen molar-refractivity contribution < 1.29 is 4.79 Å². The number of likely N-dealkylation sites (tertiary alicyclic amines) is 1. The van der Waals surface area contributed by atoms with Crippen LogP contribution < -0.4 is 5.32 Å². The van der Waals surface area contributed by atoms with Gasteiger partial charge in [0, 0.05) is 12.6 Å². The van der Waals surface area contributed by atoms with Crippen LogP contribution in [0.1, 0.15) is 64.1 Å². The fourth-order valence-corrected chi connectivity index (χ4v) is 3.10. The maximum absolute atomic E-state index is 12.0. The minimum atomic E-state index is 0.153. The Kier molecular flexibility index (Phi) is 5.63. The predicted octanol–water partition coefficient (Wildman–Crippen LogP) is 3.65. The van der Waals surface area contributed by atoms with Crippen LogP contribution >= 0.6 is 0 Å². The van der Waals surface area contributed by atoms with Crippen LogP contribution in [0.4, 0.5) is 0 Å². The van der Waals surface area contributed by atoms with Crippen LogP contribution in [-0.2, 0) is 10.2 Å². The molecule has 0 radical (unpaired) electrons. The molecule has 1 aliphatic heterocycles. The number of nitrogens with zero attached hydrogens (tertiary/aromatic N) is 1. The van der Waals surface area contributed by atoms with E-state index in [4.69, 9.17) is 0 Å². The molecule has 3 nitrogen and oxygen atoms in total. The average Bonchev–Trinajstić information content (AvgIpc) is 2.92. The molecule has 2 rings (SSSR count). The van der Waals surface area contributed by atoms with E-state index in [0.29, 0.717) is 12.6 Å². The minimum Gasteiger partial charge on any atom is -0.355 e. The summed E-state index contributed by atoms with van der Waals surface area (Å²) < 4.78 is 0. The lowest BCUT2D eigenvalue weighted by molar-refractivity contribution is -0.122. The van der Waals surface area contributed by atoms with Crippen LogP contribution in [0, 0.1) is 0 Å². The molecular formula is C19H30N2O. The van der Waals surface area contributed by atoms with E-state index >= 15 is 0 Å². The van der Waals surface area contributed by atoms with Crippen molar-refractivity contribution in [1.29, 1.82) is 0 Å². The van der Waals surface area contributed by atoms with E-state index in [1.807, 2.05) is 0 Å². The SMILES string of the molecule is CCCNC(=O)CN1CCCC1c1ccc(C(C)(C)C)cc1. The number of carbonyl (C=O) groups is 1. The maximum atomic E-state index is 12.0. The maximum Gasteiger partial charge on any atom is 0.234 e. The topological polar surface area (TPSA) is 32.3 Å². The van der Waals surface area contributed by atoms with Gasteiger partial charge in [0.1, 0.15) is 0 Å². The van der Waals surface area contributed by atoms with Gasteiger partial charge in [-0.2, -0.15) is 0 Å². The molecule has 0 aliphatic carbocycles. The molecule has 1 aromatic carbocycles. The zero-order chi connectivity index (χ0) is 16.2. The molecule has 22 heavy (non-hydrogen) atoms. The highest BCUT2D eigenvalue weighted by Crippen LogP contribution is 2.32. The number of nitrogens with one attached hydrogen (secondary N) is 1. The van der Waals surface area contributed by atoms with E-state index in [1.54, 1.807) is 0 Å². The Bertz CT molecular complexity index is 487. The lowest BCUT2D eigenvalue weighted by Gasteiger charge is -2.25. The van der Waals surface area contributed by atoms with Crippen LogP contribution in [0.15, 0.2) is 24.3 Å². The Hall–Kier alpha value is -1.35. The predicted molar refractivity (Wildman–Crippen MR) is 92.0 cm³/mol. The third-order valence-electron chi connectivity index (χ3n) is 4.44. The third kappa shape index (κ3) is 4.33. The first-order chi connectivity index (χ1) is 10.4. The second-order valence-corrected chi connectivity index (χ2v) is 7.35. The number of benzene rings is 1. The molecule has 1 fully saturated rings. The average molecular weight is 302 g/mol. The van der Waals surface area contributed by atoms with Crippen LogP contribution in [0.5, 0.6) is 0 Å². The van der Waals surface area contributed by atoms with Gasteiger partial charge >= 0.3 is 0 Å². The first-order valence-electron chi connectivity index (χ1n) is 8.53. The first kappa shape index (κ1) is 17.0. The monoisotopic (exact) mass is 302 g/mol. The highest BCUT2D eigenvalue weighted by atomic mass is 16.2. The van der Waals surface area contributed by atoms with Gasteiger partial charge < -0.3 is 5.32 Å². The molecule has 3 heteroatoms. The quantitative estimate of drug-likeness (QED) is 0.900. The summed E-state index contributed by atoms with van der Waals surface area (Å²) in [6.45, 7) is 11.1. The summed E-state index contributed by atoms with van der Waals surface area (Å²) in [4.78, 5) is 14.3. The van der Waals surface area contributed by atoms with E-state index in [9.17, 15) is 4.79 Å². The van der Waals surface area contributed by atoms with Crippen molar-refractivity contribution in [2.45, 2.75) is 58.4 Å². The van der Waals surface area contributed by atoms with E-state index in [2.05, 4.69) is 62.2 Å². The summed E-state index contributed by atoms with van der Waals surface area (Å²) in [6.07, 6.45) is 3.31. The van der Waals surface area contributed by atoms with Gasteiger partial charge in [-0.05, 0) is 42.3 Å². The third-order valence-corrected chi connectivity index (χ3v) is 4.44. The second kappa shape index (κ2) is 7.28. The Morgan fingerprint density at radius 3 is 2.55 bits per heavy atom. The largest absolute Gasteiger partial charge is 0.355 e. The minimum absolute atomic E-state index is 0.153. The molecular weight excluding hydrogens is 272 g/mol. The molecule has 0 saturated carbocycles. The molecule has 1 amide bonds. The van der Waals surface area contributed by atoms with Gasteiger partial charge in [0.2, 0.25) is 5.91 Å². The zero-order valence-corrected chi connectivity index (χ0v) is 14.5. The Labute approximate surface area is 135 Å². The standard InChI is InChI=1S/C19H30N2O/c1-5-12-20-18(22)14-21-13-6-7-17(21)15-8-10-16(11-9-15)19(2,3)4/h8-11,17H,5-7,12-14H2,1-4H3,(H,20,22). The summed E-state index contributed by atoms with van der Waals surface area (Å²) in [5.74, 6) is 0.153. The Morgan fingerprint density at radius 1 is 1.27 bits per heavy atom. The molecule has 0 aromatic heterocycles. The van der Waals surface area contributed by atoms with Crippen molar-refractivity contribution in [3.8, 4) is 0 Å². The van der Waals surface area contributed by atoms with Gasteiger partial charge in [0.25, 0.3) is 0 Å². The number of hydrogen-bond donors (Lipinski definition) is 1. The van der Waals surface area contributed by atoms with Gasteiger partial charge in [0.15, 0.2) is 0 Å². The van der Waals surface area contributed by atoms with Gasteiger partial charge in [-0.25, -0.2) is 0 Å². The van der Waals surface area contributed by atoms with Gasteiger partial charge in [-0.3, -0.25) is 9.69 Å². The Balaban J connectivity index is 2.02. The smallest absolute Gasteiger partial charge is 0.234 e. The van der Waals surface area contributed by atoms with Crippen LogP contribution in [-0.4, -0.2) is 30.4 Å². The summed E-state index contributed by atoms with van der Waals surface area (Å²) in [5, 5.41) is 2.98.